The Bertz CT molecular complexity index is 463. The van der Waals surface area contributed by atoms with Crippen molar-refractivity contribution in [1.29, 1.82) is 0 Å². The van der Waals surface area contributed by atoms with E-state index >= 15 is 0 Å². The van der Waals surface area contributed by atoms with Gasteiger partial charge in [-0.25, -0.2) is 9.97 Å². The number of aliphatic hydroxyl groups excluding tert-OH is 1. The minimum atomic E-state index is -0.330. The second-order valence-electron chi connectivity index (χ2n) is 4.34. The summed E-state index contributed by atoms with van der Waals surface area (Å²) in [5.74, 6) is 0.341. The highest BCUT2D eigenvalue weighted by atomic mass is 35.5. The molecule has 0 saturated carbocycles. The fourth-order valence-electron chi connectivity index (χ4n) is 1.51. The predicted octanol–water partition coefficient (Wildman–Crippen LogP) is 1.87. The molecule has 0 fully saturated rings. The summed E-state index contributed by atoms with van der Waals surface area (Å²) in [6, 6.07) is 0. The molecule has 6 heteroatoms. The fraction of sp³-hybridized carbons (Fsp3) is 0.462. The van der Waals surface area contributed by atoms with Crippen molar-refractivity contribution < 1.29 is 9.90 Å². The van der Waals surface area contributed by atoms with Crippen LogP contribution in [0.1, 0.15) is 36.1 Å². The summed E-state index contributed by atoms with van der Waals surface area (Å²) in [7, 11) is 0. The highest BCUT2D eigenvalue weighted by molar-refractivity contribution is 6.33. The van der Waals surface area contributed by atoms with E-state index in [0.717, 1.165) is 0 Å². The quantitative estimate of drug-likeness (QED) is 0.810. The molecule has 1 heterocycles. The Morgan fingerprint density at radius 1 is 1.63 bits per heavy atom. The van der Waals surface area contributed by atoms with Gasteiger partial charge in [-0.05, 0) is 0 Å². The lowest BCUT2D eigenvalue weighted by atomic mass is 10.2. The van der Waals surface area contributed by atoms with Crippen molar-refractivity contribution in [2.75, 3.05) is 19.7 Å². The van der Waals surface area contributed by atoms with Crippen molar-refractivity contribution >= 4 is 17.5 Å². The number of hydrogen-bond donors (Lipinski definition) is 1. The molecule has 1 N–H and O–H groups in total. The molecule has 0 unspecified atom stereocenters. The maximum atomic E-state index is 12.3. The van der Waals surface area contributed by atoms with Gasteiger partial charge in [0.2, 0.25) is 0 Å². The lowest BCUT2D eigenvalue weighted by molar-refractivity contribution is 0.0736. The minimum Gasteiger partial charge on any atom is -0.395 e. The number of nitrogens with zero attached hydrogens (tertiary/aromatic N) is 3. The molecule has 0 aromatic carbocycles. The summed E-state index contributed by atoms with van der Waals surface area (Å²) in [6.45, 7) is 7.88. The maximum Gasteiger partial charge on any atom is 0.274 e. The van der Waals surface area contributed by atoms with E-state index in [0.29, 0.717) is 12.4 Å². The third-order valence-corrected chi connectivity index (χ3v) is 2.76. The van der Waals surface area contributed by atoms with Gasteiger partial charge < -0.3 is 10.0 Å². The molecule has 1 aromatic rings. The van der Waals surface area contributed by atoms with E-state index < -0.39 is 0 Å². The van der Waals surface area contributed by atoms with Crippen molar-refractivity contribution in [3.63, 3.8) is 0 Å². The summed E-state index contributed by atoms with van der Waals surface area (Å²) < 4.78 is 0. The third-order valence-electron chi connectivity index (χ3n) is 2.49. The van der Waals surface area contributed by atoms with Crippen molar-refractivity contribution in [3.05, 3.63) is 35.4 Å². The van der Waals surface area contributed by atoms with Gasteiger partial charge in [-0.1, -0.05) is 31.5 Å². The van der Waals surface area contributed by atoms with Gasteiger partial charge in [0.25, 0.3) is 5.91 Å². The van der Waals surface area contributed by atoms with Crippen LogP contribution in [-0.4, -0.2) is 45.6 Å². The van der Waals surface area contributed by atoms with E-state index in [2.05, 4.69) is 16.5 Å². The highest BCUT2D eigenvalue weighted by Crippen LogP contribution is 2.18. The molecule has 0 aliphatic rings. The first kappa shape index (κ1) is 15.6. The van der Waals surface area contributed by atoms with Gasteiger partial charge in [0, 0.05) is 19.0 Å². The van der Waals surface area contributed by atoms with E-state index in [4.69, 9.17) is 16.7 Å². The molecule has 0 saturated heterocycles. The molecule has 104 valence electrons. The molecule has 0 aliphatic carbocycles. The van der Waals surface area contributed by atoms with Crippen molar-refractivity contribution in [3.8, 4) is 0 Å². The van der Waals surface area contributed by atoms with Gasteiger partial charge in [0.15, 0.2) is 5.69 Å². The van der Waals surface area contributed by atoms with Gasteiger partial charge >= 0.3 is 0 Å². The molecule has 1 amide bonds. The normalized spacial score (nSPS) is 10.6. The van der Waals surface area contributed by atoms with E-state index in [1.807, 2.05) is 13.8 Å². The average Bonchev–Trinajstić information content (AvgIpc) is 2.38. The lowest BCUT2D eigenvalue weighted by Gasteiger charge is -2.20. The predicted molar refractivity (Wildman–Crippen MR) is 74.3 cm³/mol. The first-order chi connectivity index (χ1) is 9.01. The molecular formula is C13H18ClN3O2. The van der Waals surface area contributed by atoms with Crippen LogP contribution in [0.3, 0.4) is 0 Å². The van der Waals surface area contributed by atoms with Gasteiger partial charge in [0.05, 0.1) is 17.8 Å². The Morgan fingerprint density at radius 3 is 2.84 bits per heavy atom. The molecule has 19 heavy (non-hydrogen) atoms. The Kier molecular flexibility index (Phi) is 5.92. The molecule has 0 bridgehead atoms. The van der Waals surface area contributed by atoms with Crippen LogP contribution >= 0.6 is 11.6 Å². The van der Waals surface area contributed by atoms with E-state index in [1.165, 1.54) is 11.1 Å². The second-order valence-corrected chi connectivity index (χ2v) is 4.75. The minimum absolute atomic E-state index is 0.106. The van der Waals surface area contributed by atoms with Gasteiger partial charge in [0.1, 0.15) is 5.82 Å². The number of hydrogen-bond acceptors (Lipinski definition) is 4. The molecule has 0 radical (unpaired) electrons. The van der Waals surface area contributed by atoms with Crippen molar-refractivity contribution in [2.45, 2.75) is 19.8 Å². The molecule has 1 rings (SSSR count). The van der Waals surface area contributed by atoms with E-state index in [-0.39, 0.29) is 35.7 Å². The van der Waals surface area contributed by atoms with Gasteiger partial charge in [-0.2, -0.15) is 0 Å². The summed E-state index contributed by atoms with van der Waals surface area (Å²) in [4.78, 5) is 22.0. The largest absolute Gasteiger partial charge is 0.395 e. The number of halogens is 1. The van der Waals surface area contributed by atoms with Crippen LogP contribution in [0.15, 0.2) is 18.9 Å². The number of amides is 1. The Morgan fingerprint density at radius 2 is 2.32 bits per heavy atom. The summed E-state index contributed by atoms with van der Waals surface area (Å²) in [6.07, 6.45) is 3.02. The summed E-state index contributed by atoms with van der Waals surface area (Å²) in [5.41, 5.74) is 0.163. The maximum absolute atomic E-state index is 12.3. The monoisotopic (exact) mass is 283 g/mol. The van der Waals surface area contributed by atoms with Crippen LogP contribution in [0.2, 0.25) is 5.02 Å². The number of aromatic nitrogens is 2. The van der Waals surface area contributed by atoms with E-state index in [1.54, 1.807) is 6.08 Å². The zero-order chi connectivity index (χ0) is 14.4. The van der Waals surface area contributed by atoms with Crippen molar-refractivity contribution in [1.82, 2.24) is 14.9 Å². The zero-order valence-electron chi connectivity index (χ0n) is 11.1. The van der Waals surface area contributed by atoms with Crippen LogP contribution in [-0.2, 0) is 0 Å². The average molecular weight is 284 g/mol. The van der Waals surface area contributed by atoms with Gasteiger partial charge in [-0.3, -0.25) is 4.79 Å². The number of carbonyl (C=O) groups is 1. The van der Waals surface area contributed by atoms with Crippen LogP contribution in [0.5, 0.6) is 0 Å². The molecule has 1 aromatic heterocycles. The molecule has 0 aliphatic heterocycles. The molecule has 0 atom stereocenters. The van der Waals surface area contributed by atoms with Crippen LogP contribution in [0.4, 0.5) is 0 Å². The molecular weight excluding hydrogens is 266 g/mol. The fourth-order valence-corrected chi connectivity index (χ4v) is 1.68. The standard InChI is InChI=1S/C13H18ClN3O2/c1-4-5-17(6-7-18)13(19)11-10(14)8-15-12(16-11)9(2)3/h4,8-9,18H,1,5-7H2,2-3H3. The molecule has 5 nitrogen and oxygen atoms in total. The van der Waals surface area contributed by atoms with E-state index in [9.17, 15) is 4.79 Å². The number of aliphatic hydroxyl groups is 1. The van der Waals surface area contributed by atoms with Crippen LogP contribution < -0.4 is 0 Å². The second kappa shape index (κ2) is 7.21. The smallest absolute Gasteiger partial charge is 0.274 e. The third kappa shape index (κ3) is 4.01. The van der Waals surface area contributed by atoms with Crippen molar-refractivity contribution in [2.24, 2.45) is 0 Å². The molecule has 0 spiro atoms. The summed E-state index contributed by atoms with van der Waals surface area (Å²) in [5, 5.41) is 9.19. The Balaban J connectivity index is 3.08. The lowest BCUT2D eigenvalue weighted by Crippen LogP contribution is -2.34. The highest BCUT2D eigenvalue weighted by Gasteiger charge is 2.20. The summed E-state index contributed by atoms with van der Waals surface area (Å²) >= 11 is 5.98. The first-order valence-electron chi connectivity index (χ1n) is 6.04. The number of rotatable bonds is 6. The van der Waals surface area contributed by atoms with Crippen LogP contribution in [0.25, 0.3) is 0 Å². The topological polar surface area (TPSA) is 66.3 Å². The zero-order valence-corrected chi connectivity index (χ0v) is 11.9. The van der Waals surface area contributed by atoms with Gasteiger partial charge in [-0.15, -0.1) is 6.58 Å². The Hall–Kier alpha value is -1.46. The van der Waals surface area contributed by atoms with Crippen LogP contribution in [0, 0.1) is 0 Å². The first-order valence-corrected chi connectivity index (χ1v) is 6.42. The SMILES string of the molecule is C=CCN(CCO)C(=O)c1nc(C(C)C)ncc1Cl. The number of carbonyl (C=O) groups excluding carboxylic acids is 1. The Labute approximate surface area is 117 Å².